The van der Waals surface area contributed by atoms with E-state index in [1.54, 1.807) is 0 Å². The average Bonchev–Trinajstić information content (AvgIpc) is 2.46. The van der Waals surface area contributed by atoms with E-state index in [9.17, 15) is 4.39 Å². The second-order valence-corrected chi connectivity index (χ2v) is 8.38. The standard InChI is InChI=1S/C20H39F/c1-7-18-10-9-15(4)12-20(18)17(6)19(16(5)13-21)11-8-14(2)3/h14-20H,7-13H2,1-6H3. The molecule has 0 saturated heterocycles. The summed E-state index contributed by atoms with van der Waals surface area (Å²) in [4.78, 5) is 0. The van der Waals surface area contributed by atoms with Gasteiger partial charge in [0.2, 0.25) is 0 Å². The van der Waals surface area contributed by atoms with E-state index in [2.05, 4.69) is 41.5 Å². The van der Waals surface area contributed by atoms with Crippen LogP contribution in [0.4, 0.5) is 4.39 Å². The molecule has 0 bridgehead atoms. The Bertz CT molecular complexity index is 273. The molecule has 21 heavy (non-hydrogen) atoms. The molecule has 1 aliphatic carbocycles. The van der Waals surface area contributed by atoms with Crippen LogP contribution in [0.1, 0.15) is 80.1 Å². The molecule has 0 radical (unpaired) electrons. The Morgan fingerprint density at radius 2 is 1.71 bits per heavy atom. The van der Waals surface area contributed by atoms with Crippen LogP contribution < -0.4 is 0 Å². The zero-order chi connectivity index (χ0) is 16.0. The van der Waals surface area contributed by atoms with Crippen LogP contribution >= 0.6 is 0 Å². The van der Waals surface area contributed by atoms with Crippen molar-refractivity contribution >= 4 is 0 Å². The normalized spacial score (nSPS) is 31.1. The Morgan fingerprint density at radius 1 is 1.05 bits per heavy atom. The van der Waals surface area contributed by atoms with Gasteiger partial charge in [0.05, 0.1) is 6.67 Å². The molecule has 0 aromatic heterocycles. The third-order valence-electron chi connectivity index (χ3n) is 6.24. The molecule has 0 aliphatic heterocycles. The molecule has 1 saturated carbocycles. The maximum atomic E-state index is 13.3. The molecular formula is C20H39F. The lowest BCUT2D eigenvalue weighted by molar-refractivity contribution is 0.0640. The summed E-state index contributed by atoms with van der Waals surface area (Å²) in [5, 5.41) is 0. The summed E-state index contributed by atoms with van der Waals surface area (Å²) in [6.45, 7) is 13.8. The van der Waals surface area contributed by atoms with E-state index in [4.69, 9.17) is 0 Å². The fourth-order valence-corrected chi connectivity index (χ4v) is 4.66. The molecule has 1 heteroatoms. The Balaban J connectivity index is 2.78. The minimum absolute atomic E-state index is 0.147. The van der Waals surface area contributed by atoms with Gasteiger partial charge in [0, 0.05) is 0 Å². The van der Waals surface area contributed by atoms with Crippen molar-refractivity contribution in [2.45, 2.75) is 80.1 Å². The molecule has 0 heterocycles. The third-order valence-corrected chi connectivity index (χ3v) is 6.24. The Kier molecular flexibility index (Phi) is 8.27. The van der Waals surface area contributed by atoms with Crippen LogP contribution in [0.5, 0.6) is 0 Å². The topological polar surface area (TPSA) is 0 Å². The van der Waals surface area contributed by atoms with E-state index < -0.39 is 0 Å². The van der Waals surface area contributed by atoms with Gasteiger partial charge in [0.1, 0.15) is 0 Å². The highest BCUT2D eigenvalue weighted by Gasteiger charge is 2.36. The van der Waals surface area contributed by atoms with Crippen LogP contribution in [0.15, 0.2) is 0 Å². The molecule has 0 N–H and O–H groups in total. The first-order valence-corrected chi connectivity index (χ1v) is 9.46. The van der Waals surface area contributed by atoms with E-state index in [1.807, 2.05) is 0 Å². The van der Waals surface area contributed by atoms with Crippen LogP contribution in [-0.4, -0.2) is 6.67 Å². The lowest BCUT2D eigenvalue weighted by Gasteiger charge is -2.42. The Morgan fingerprint density at radius 3 is 2.24 bits per heavy atom. The molecule has 0 nitrogen and oxygen atoms in total. The summed E-state index contributed by atoms with van der Waals surface area (Å²) >= 11 is 0. The van der Waals surface area contributed by atoms with Crippen LogP contribution in [0.3, 0.4) is 0 Å². The first-order chi connectivity index (χ1) is 9.90. The Hall–Kier alpha value is -0.0700. The maximum absolute atomic E-state index is 13.3. The van der Waals surface area contributed by atoms with Crippen LogP contribution in [0.25, 0.3) is 0 Å². The first-order valence-electron chi connectivity index (χ1n) is 9.46. The SMILES string of the molecule is CCC1CCC(C)CC1C(C)C(CCC(C)C)C(C)CF. The van der Waals surface area contributed by atoms with Crippen LogP contribution in [0.2, 0.25) is 0 Å². The van der Waals surface area contributed by atoms with Gasteiger partial charge in [0.15, 0.2) is 0 Å². The van der Waals surface area contributed by atoms with Gasteiger partial charge in [-0.15, -0.1) is 0 Å². The Labute approximate surface area is 133 Å². The molecule has 1 fully saturated rings. The summed E-state index contributed by atoms with van der Waals surface area (Å²) in [6.07, 6.45) is 7.94. The van der Waals surface area contributed by atoms with E-state index in [0.717, 1.165) is 23.7 Å². The highest BCUT2D eigenvalue weighted by atomic mass is 19.1. The lowest BCUT2D eigenvalue weighted by atomic mass is 9.63. The fraction of sp³-hybridized carbons (Fsp3) is 1.00. The molecular weight excluding hydrogens is 259 g/mol. The fourth-order valence-electron chi connectivity index (χ4n) is 4.66. The third kappa shape index (κ3) is 5.57. The van der Waals surface area contributed by atoms with Gasteiger partial charge in [-0.05, 0) is 60.7 Å². The second-order valence-electron chi connectivity index (χ2n) is 8.38. The van der Waals surface area contributed by atoms with Crippen molar-refractivity contribution in [1.82, 2.24) is 0 Å². The number of halogens is 1. The minimum atomic E-state index is -0.147. The van der Waals surface area contributed by atoms with Gasteiger partial charge < -0.3 is 0 Å². The molecule has 0 aromatic rings. The van der Waals surface area contributed by atoms with Crippen molar-refractivity contribution < 1.29 is 4.39 Å². The van der Waals surface area contributed by atoms with Gasteiger partial charge >= 0.3 is 0 Å². The molecule has 0 aromatic carbocycles. The van der Waals surface area contributed by atoms with Gasteiger partial charge in [-0.3, -0.25) is 4.39 Å². The number of alkyl halides is 1. The molecule has 126 valence electrons. The molecule has 1 rings (SSSR count). The summed E-state index contributed by atoms with van der Waals surface area (Å²) in [7, 11) is 0. The smallest absolute Gasteiger partial charge is 0.0922 e. The summed E-state index contributed by atoms with van der Waals surface area (Å²) in [5.74, 6) is 4.79. The van der Waals surface area contributed by atoms with E-state index in [1.165, 1.54) is 38.5 Å². The largest absolute Gasteiger partial charge is 0.251 e. The van der Waals surface area contributed by atoms with Crippen molar-refractivity contribution in [1.29, 1.82) is 0 Å². The van der Waals surface area contributed by atoms with Crippen molar-refractivity contribution in [3.05, 3.63) is 0 Å². The molecule has 0 amide bonds. The van der Waals surface area contributed by atoms with E-state index in [-0.39, 0.29) is 12.6 Å². The van der Waals surface area contributed by atoms with Gasteiger partial charge in [0.25, 0.3) is 0 Å². The summed E-state index contributed by atoms with van der Waals surface area (Å²) < 4.78 is 13.3. The van der Waals surface area contributed by atoms with Crippen molar-refractivity contribution in [3.8, 4) is 0 Å². The monoisotopic (exact) mass is 298 g/mol. The zero-order valence-electron chi connectivity index (χ0n) is 15.4. The summed E-state index contributed by atoms with van der Waals surface area (Å²) in [5.41, 5.74) is 0. The number of rotatable bonds is 8. The van der Waals surface area contributed by atoms with Crippen LogP contribution in [-0.2, 0) is 0 Å². The lowest BCUT2D eigenvalue weighted by Crippen LogP contribution is -2.35. The maximum Gasteiger partial charge on any atom is 0.0922 e. The predicted molar refractivity (Wildman–Crippen MR) is 92.2 cm³/mol. The predicted octanol–water partition coefficient (Wildman–Crippen LogP) is 6.74. The van der Waals surface area contributed by atoms with Gasteiger partial charge in [-0.25, -0.2) is 0 Å². The highest BCUT2D eigenvalue weighted by Crippen LogP contribution is 2.44. The van der Waals surface area contributed by atoms with E-state index in [0.29, 0.717) is 11.8 Å². The minimum Gasteiger partial charge on any atom is -0.251 e. The van der Waals surface area contributed by atoms with Gasteiger partial charge in [-0.1, -0.05) is 60.8 Å². The molecule has 0 spiro atoms. The van der Waals surface area contributed by atoms with Crippen molar-refractivity contribution in [2.75, 3.05) is 6.67 Å². The quantitative estimate of drug-likeness (QED) is 0.465. The van der Waals surface area contributed by atoms with Crippen molar-refractivity contribution in [3.63, 3.8) is 0 Å². The number of hydrogen-bond acceptors (Lipinski definition) is 0. The molecule has 6 unspecified atom stereocenters. The second kappa shape index (κ2) is 9.16. The molecule has 6 atom stereocenters. The highest BCUT2D eigenvalue weighted by molar-refractivity contribution is 4.86. The summed E-state index contributed by atoms with van der Waals surface area (Å²) in [6, 6.07) is 0. The first kappa shape index (κ1) is 19.0. The number of hydrogen-bond donors (Lipinski definition) is 0. The molecule has 1 aliphatic rings. The van der Waals surface area contributed by atoms with Crippen LogP contribution in [0, 0.1) is 41.4 Å². The van der Waals surface area contributed by atoms with Crippen molar-refractivity contribution in [2.24, 2.45) is 41.4 Å². The average molecular weight is 299 g/mol. The zero-order valence-corrected chi connectivity index (χ0v) is 15.4. The van der Waals surface area contributed by atoms with E-state index >= 15 is 0 Å². The van der Waals surface area contributed by atoms with Gasteiger partial charge in [-0.2, -0.15) is 0 Å².